The number of carboxylic acids is 1. The highest BCUT2D eigenvalue weighted by Crippen LogP contribution is 2.13. The van der Waals surface area contributed by atoms with E-state index in [1.165, 1.54) is 11.8 Å². The summed E-state index contributed by atoms with van der Waals surface area (Å²) in [5.41, 5.74) is -0.274. The Morgan fingerprint density at radius 3 is 2.00 bits per heavy atom. The van der Waals surface area contributed by atoms with Crippen LogP contribution in [-0.4, -0.2) is 48.1 Å². The number of methoxy groups -OCH3 is 1. The topological polar surface area (TPSA) is 83.9 Å². The van der Waals surface area contributed by atoms with E-state index in [-0.39, 0.29) is 23.5 Å². The van der Waals surface area contributed by atoms with Gasteiger partial charge in [0.2, 0.25) is 5.91 Å². The average Bonchev–Trinajstić information content (AvgIpc) is 2.35. The molecule has 0 unspecified atom stereocenters. The van der Waals surface area contributed by atoms with E-state index in [0.717, 1.165) is 7.11 Å². The van der Waals surface area contributed by atoms with Crippen molar-refractivity contribution in [1.82, 2.24) is 4.90 Å². The Balaban J connectivity index is 5.16. The first-order valence-corrected chi connectivity index (χ1v) is 5.68. The summed E-state index contributed by atoms with van der Waals surface area (Å²) in [7, 11) is 1.15. The van der Waals surface area contributed by atoms with Crippen molar-refractivity contribution >= 4 is 17.8 Å². The Morgan fingerprint density at radius 1 is 1.17 bits per heavy atom. The van der Waals surface area contributed by atoms with E-state index in [1.54, 1.807) is 0 Å². The second-order valence-electron chi connectivity index (χ2n) is 3.64. The van der Waals surface area contributed by atoms with Crippen molar-refractivity contribution in [3.05, 3.63) is 11.1 Å². The van der Waals surface area contributed by atoms with Crippen molar-refractivity contribution in [2.24, 2.45) is 0 Å². The third-order valence-corrected chi connectivity index (χ3v) is 2.65. The summed E-state index contributed by atoms with van der Waals surface area (Å²) in [5, 5.41) is 8.87. The summed E-state index contributed by atoms with van der Waals surface area (Å²) >= 11 is 0. The minimum absolute atomic E-state index is 0.109. The predicted molar refractivity (Wildman–Crippen MR) is 64.9 cm³/mol. The van der Waals surface area contributed by atoms with Gasteiger partial charge in [0.1, 0.15) is 0 Å². The average molecular weight is 257 g/mol. The molecule has 0 saturated carbocycles. The van der Waals surface area contributed by atoms with E-state index in [9.17, 15) is 14.4 Å². The van der Waals surface area contributed by atoms with Crippen molar-refractivity contribution in [2.45, 2.75) is 27.2 Å². The molecule has 0 atom stereocenters. The second-order valence-corrected chi connectivity index (χ2v) is 3.64. The lowest BCUT2D eigenvalue weighted by Gasteiger charge is -2.19. The molecule has 0 fully saturated rings. The Labute approximate surface area is 106 Å². The van der Waals surface area contributed by atoms with Crippen LogP contribution in [0.1, 0.15) is 27.2 Å². The van der Waals surface area contributed by atoms with Crippen molar-refractivity contribution < 1.29 is 24.2 Å². The van der Waals surface area contributed by atoms with E-state index in [4.69, 9.17) is 5.11 Å². The normalized spacial score (nSPS) is 11.6. The standard InChI is InChI=1S/C12H19NO5/c1-5-13(6-2)10(14)7-9(12(17)18-4)8(3)11(15)16/h5-7H2,1-4H3,(H,15,16)/b9-8+. The van der Waals surface area contributed by atoms with Gasteiger partial charge in [-0.15, -0.1) is 0 Å². The molecule has 0 radical (unpaired) electrons. The maximum Gasteiger partial charge on any atom is 0.334 e. The molecule has 0 bridgehead atoms. The molecule has 0 saturated heterocycles. The fourth-order valence-corrected chi connectivity index (χ4v) is 1.45. The van der Waals surface area contributed by atoms with Gasteiger partial charge in [0.05, 0.1) is 19.1 Å². The van der Waals surface area contributed by atoms with Crippen molar-refractivity contribution in [3.63, 3.8) is 0 Å². The molecule has 6 nitrogen and oxygen atoms in total. The first-order valence-electron chi connectivity index (χ1n) is 5.68. The van der Waals surface area contributed by atoms with Gasteiger partial charge in [-0.1, -0.05) is 0 Å². The predicted octanol–water partition coefficient (Wildman–Crippen LogP) is 0.819. The van der Waals surface area contributed by atoms with E-state index >= 15 is 0 Å². The summed E-state index contributed by atoms with van der Waals surface area (Å²) in [5.74, 6) is -2.31. The molecule has 0 aliphatic rings. The van der Waals surface area contributed by atoms with Crippen LogP contribution in [0.4, 0.5) is 0 Å². The fraction of sp³-hybridized carbons (Fsp3) is 0.583. The molecule has 1 N–H and O–H groups in total. The van der Waals surface area contributed by atoms with Gasteiger partial charge in [-0.05, 0) is 20.8 Å². The van der Waals surface area contributed by atoms with E-state index in [1.807, 2.05) is 13.8 Å². The zero-order chi connectivity index (χ0) is 14.3. The second kappa shape index (κ2) is 7.47. The Kier molecular flexibility index (Phi) is 6.70. The summed E-state index contributed by atoms with van der Waals surface area (Å²) in [4.78, 5) is 35.7. The van der Waals surface area contributed by atoms with Gasteiger partial charge in [0, 0.05) is 18.7 Å². The van der Waals surface area contributed by atoms with Crippen LogP contribution in [-0.2, 0) is 19.1 Å². The third-order valence-electron chi connectivity index (χ3n) is 2.65. The number of nitrogens with zero attached hydrogens (tertiary/aromatic N) is 1. The van der Waals surface area contributed by atoms with Crippen LogP contribution in [0.5, 0.6) is 0 Å². The molecular weight excluding hydrogens is 238 g/mol. The van der Waals surface area contributed by atoms with Gasteiger partial charge in [-0.3, -0.25) is 4.79 Å². The van der Waals surface area contributed by atoms with Crippen molar-refractivity contribution in [2.75, 3.05) is 20.2 Å². The van der Waals surface area contributed by atoms with Crippen LogP contribution in [0.3, 0.4) is 0 Å². The first-order chi connectivity index (χ1) is 8.38. The summed E-state index contributed by atoms with van der Waals surface area (Å²) in [6, 6.07) is 0. The Hall–Kier alpha value is -1.85. The number of carbonyl (C=O) groups excluding carboxylic acids is 2. The highest BCUT2D eigenvalue weighted by atomic mass is 16.5. The maximum atomic E-state index is 11.9. The molecule has 0 aromatic heterocycles. The monoisotopic (exact) mass is 257 g/mol. The van der Waals surface area contributed by atoms with E-state index < -0.39 is 11.9 Å². The maximum absolute atomic E-state index is 11.9. The molecule has 0 aromatic rings. The van der Waals surface area contributed by atoms with Crippen LogP contribution in [0.15, 0.2) is 11.1 Å². The number of rotatable bonds is 6. The number of amides is 1. The third kappa shape index (κ3) is 4.20. The van der Waals surface area contributed by atoms with Crippen LogP contribution in [0.25, 0.3) is 0 Å². The van der Waals surface area contributed by atoms with Crippen molar-refractivity contribution in [1.29, 1.82) is 0 Å². The van der Waals surface area contributed by atoms with Crippen molar-refractivity contribution in [3.8, 4) is 0 Å². The minimum atomic E-state index is -1.23. The summed E-state index contributed by atoms with van der Waals surface area (Å²) in [6.07, 6.45) is -0.257. The van der Waals surface area contributed by atoms with Crippen LogP contribution in [0, 0.1) is 0 Å². The molecule has 0 aliphatic heterocycles. The molecule has 0 aromatic carbocycles. The lowest BCUT2D eigenvalue weighted by Crippen LogP contribution is -2.31. The quantitative estimate of drug-likeness (QED) is 0.562. The lowest BCUT2D eigenvalue weighted by molar-refractivity contribution is -0.139. The Morgan fingerprint density at radius 2 is 1.67 bits per heavy atom. The molecule has 18 heavy (non-hydrogen) atoms. The lowest BCUT2D eigenvalue weighted by atomic mass is 10.1. The van der Waals surface area contributed by atoms with Gasteiger partial charge in [-0.25, -0.2) is 9.59 Å². The number of ether oxygens (including phenoxy) is 1. The molecule has 0 rings (SSSR count). The first kappa shape index (κ1) is 16.1. The largest absolute Gasteiger partial charge is 0.478 e. The van der Waals surface area contributed by atoms with Gasteiger partial charge >= 0.3 is 11.9 Å². The molecule has 6 heteroatoms. The Bertz CT molecular complexity index is 369. The van der Waals surface area contributed by atoms with Crippen LogP contribution in [0.2, 0.25) is 0 Å². The number of carbonyl (C=O) groups is 3. The molecule has 0 spiro atoms. The van der Waals surface area contributed by atoms with Crippen LogP contribution < -0.4 is 0 Å². The number of esters is 1. The zero-order valence-corrected chi connectivity index (χ0v) is 11.1. The number of aliphatic carboxylic acids is 1. The molecular formula is C12H19NO5. The van der Waals surface area contributed by atoms with Gasteiger partial charge in [0.25, 0.3) is 0 Å². The number of carboxylic acid groups (broad SMARTS) is 1. The van der Waals surface area contributed by atoms with Gasteiger partial charge in [0.15, 0.2) is 0 Å². The van der Waals surface area contributed by atoms with Crippen LogP contribution >= 0.6 is 0 Å². The number of hydrogen-bond donors (Lipinski definition) is 1. The molecule has 0 heterocycles. The van der Waals surface area contributed by atoms with Gasteiger partial charge in [-0.2, -0.15) is 0 Å². The zero-order valence-electron chi connectivity index (χ0n) is 11.1. The van der Waals surface area contributed by atoms with E-state index in [0.29, 0.717) is 13.1 Å². The smallest absolute Gasteiger partial charge is 0.334 e. The molecule has 1 amide bonds. The summed E-state index contributed by atoms with van der Waals surface area (Å²) < 4.78 is 4.50. The molecule has 102 valence electrons. The van der Waals surface area contributed by atoms with E-state index in [2.05, 4.69) is 4.74 Å². The minimum Gasteiger partial charge on any atom is -0.478 e. The fourth-order valence-electron chi connectivity index (χ4n) is 1.45. The SMILES string of the molecule is CCN(CC)C(=O)C/C(C(=O)OC)=C(/C)C(=O)O. The molecule has 0 aliphatic carbocycles. The number of hydrogen-bond acceptors (Lipinski definition) is 4. The van der Waals surface area contributed by atoms with Gasteiger partial charge < -0.3 is 14.7 Å². The highest BCUT2D eigenvalue weighted by molar-refractivity contribution is 6.02. The highest BCUT2D eigenvalue weighted by Gasteiger charge is 2.22. The summed E-state index contributed by atoms with van der Waals surface area (Å²) in [6.45, 7) is 5.93.